The van der Waals surface area contributed by atoms with Crippen molar-refractivity contribution in [2.24, 2.45) is 0 Å². The third-order valence-electron chi connectivity index (χ3n) is 3.70. The van der Waals surface area contributed by atoms with Crippen LogP contribution in [0.1, 0.15) is 24.2 Å². The van der Waals surface area contributed by atoms with Crippen molar-refractivity contribution in [3.8, 4) is 0 Å². The Morgan fingerprint density at radius 2 is 2.10 bits per heavy atom. The van der Waals surface area contributed by atoms with E-state index in [0.29, 0.717) is 11.4 Å². The van der Waals surface area contributed by atoms with E-state index in [4.69, 9.17) is 5.73 Å². The molecular formula is C15H22N4O. The van der Waals surface area contributed by atoms with Gasteiger partial charge >= 0.3 is 0 Å². The summed E-state index contributed by atoms with van der Waals surface area (Å²) >= 11 is 0. The van der Waals surface area contributed by atoms with Crippen LogP contribution in [-0.4, -0.2) is 52.8 Å². The Hall–Kier alpha value is -1.88. The van der Waals surface area contributed by atoms with E-state index in [1.165, 1.54) is 0 Å². The summed E-state index contributed by atoms with van der Waals surface area (Å²) in [4.78, 5) is 20.9. The number of piperazine rings is 1. The Bertz CT molecular complexity index is 492. The third-order valence-corrected chi connectivity index (χ3v) is 3.70. The number of nitrogen functional groups attached to an aromatic ring is 1. The van der Waals surface area contributed by atoms with Crippen molar-refractivity contribution in [2.45, 2.75) is 19.9 Å². The quantitative estimate of drug-likeness (QED) is 0.841. The molecule has 1 atom stereocenters. The molecule has 0 aromatic carbocycles. The van der Waals surface area contributed by atoms with Crippen LogP contribution in [0.15, 0.2) is 30.6 Å². The van der Waals surface area contributed by atoms with Gasteiger partial charge in [-0.05, 0) is 32.2 Å². The molecule has 0 bridgehead atoms. The van der Waals surface area contributed by atoms with Gasteiger partial charge in [-0.25, -0.2) is 4.98 Å². The summed E-state index contributed by atoms with van der Waals surface area (Å²) in [6.45, 7) is 7.70. The van der Waals surface area contributed by atoms with Crippen LogP contribution in [0.2, 0.25) is 0 Å². The average molecular weight is 274 g/mol. The summed E-state index contributed by atoms with van der Waals surface area (Å²) in [5.41, 5.74) is 6.28. The molecule has 2 heterocycles. The summed E-state index contributed by atoms with van der Waals surface area (Å²) in [7, 11) is 0. The molecule has 1 aromatic rings. The number of rotatable bonds is 4. The summed E-state index contributed by atoms with van der Waals surface area (Å²) in [5, 5.41) is 0. The standard InChI is InChI=1S/C15H22N4O/c1-3-6-18-7-9-19(10-8-18)12(2)15(20)13-4-5-17-14(16)11-13/h3-6,11-12H,7-10H2,1-2H3,(H2,16,17). The van der Waals surface area contributed by atoms with Gasteiger partial charge in [0.2, 0.25) is 0 Å². The summed E-state index contributed by atoms with van der Waals surface area (Å²) in [6.07, 6.45) is 5.73. The molecule has 0 aliphatic carbocycles. The molecule has 0 saturated carbocycles. The number of carbonyl (C=O) groups is 1. The number of ketones is 1. The average Bonchev–Trinajstić information content (AvgIpc) is 2.47. The highest BCUT2D eigenvalue weighted by Crippen LogP contribution is 2.13. The van der Waals surface area contributed by atoms with E-state index in [0.717, 1.165) is 26.2 Å². The van der Waals surface area contributed by atoms with E-state index < -0.39 is 0 Å². The zero-order valence-corrected chi connectivity index (χ0v) is 12.1. The van der Waals surface area contributed by atoms with Crippen molar-refractivity contribution in [3.63, 3.8) is 0 Å². The van der Waals surface area contributed by atoms with Gasteiger partial charge in [-0.2, -0.15) is 0 Å². The molecular weight excluding hydrogens is 252 g/mol. The van der Waals surface area contributed by atoms with Crippen LogP contribution in [0, 0.1) is 0 Å². The lowest BCUT2D eigenvalue weighted by atomic mass is 10.0. The first-order valence-corrected chi connectivity index (χ1v) is 6.98. The monoisotopic (exact) mass is 274 g/mol. The van der Waals surface area contributed by atoms with Gasteiger partial charge in [-0.15, -0.1) is 0 Å². The lowest BCUT2D eigenvalue weighted by Gasteiger charge is -2.37. The topological polar surface area (TPSA) is 62.5 Å². The molecule has 5 nitrogen and oxygen atoms in total. The highest BCUT2D eigenvalue weighted by molar-refractivity contribution is 6.00. The highest BCUT2D eigenvalue weighted by atomic mass is 16.1. The summed E-state index contributed by atoms with van der Waals surface area (Å²) < 4.78 is 0. The minimum atomic E-state index is -0.121. The van der Waals surface area contributed by atoms with E-state index in [2.05, 4.69) is 21.0 Å². The van der Waals surface area contributed by atoms with E-state index >= 15 is 0 Å². The maximum atomic E-state index is 12.5. The molecule has 1 fully saturated rings. The van der Waals surface area contributed by atoms with Crippen molar-refractivity contribution >= 4 is 11.6 Å². The van der Waals surface area contributed by atoms with Gasteiger partial charge in [0.15, 0.2) is 5.78 Å². The Morgan fingerprint density at radius 1 is 1.40 bits per heavy atom. The number of hydrogen-bond donors (Lipinski definition) is 1. The number of hydrogen-bond acceptors (Lipinski definition) is 5. The Morgan fingerprint density at radius 3 is 2.70 bits per heavy atom. The number of nitrogens with two attached hydrogens (primary N) is 1. The number of pyridine rings is 1. The van der Waals surface area contributed by atoms with Crippen LogP contribution in [-0.2, 0) is 0 Å². The number of Topliss-reactive ketones (excluding diaryl/α,β-unsaturated/α-hetero) is 1. The number of carbonyl (C=O) groups excluding carboxylic acids is 1. The largest absolute Gasteiger partial charge is 0.384 e. The van der Waals surface area contributed by atoms with Crippen LogP contribution in [0.5, 0.6) is 0 Å². The molecule has 108 valence electrons. The minimum Gasteiger partial charge on any atom is -0.384 e. The maximum Gasteiger partial charge on any atom is 0.179 e. The molecule has 20 heavy (non-hydrogen) atoms. The molecule has 2 rings (SSSR count). The zero-order chi connectivity index (χ0) is 14.5. The van der Waals surface area contributed by atoms with Crippen LogP contribution < -0.4 is 5.73 Å². The molecule has 1 aromatic heterocycles. The molecule has 5 heteroatoms. The van der Waals surface area contributed by atoms with Gasteiger partial charge in [0.1, 0.15) is 5.82 Å². The fourth-order valence-electron chi connectivity index (χ4n) is 2.49. The summed E-state index contributed by atoms with van der Waals surface area (Å²) in [5.74, 6) is 0.500. The number of anilines is 1. The van der Waals surface area contributed by atoms with Crippen molar-refractivity contribution in [1.29, 1.82) is 0 Å². The second-order valence-electron chi connectivity index (χ2n) is 5.06. The van der Waals surface area contributed by atoms with Crippen LogP contribution in [0.3, 0.4) is 0 Å². The first-order chi connectivity index (χ1) is 9.61. The van der Waals surface area contributed by atoms with E-state index in [1.54, 1.807) is 18.3 Å². The second-order valence-corrected chi connectivity index (χ2v) is 5.06. The van der Waals surface area contributed by atoms with Crippen molar-refractivity contribution < 1.29 is 4.79 Å². The number of nitrogens with zero attached hydrogens (tertiary/aromatic N) is 3. The number of allylic oxidation sites excluding steroid dienone is 1. The predicted molar refractivity (Wildman–Crippen MR) is 80.4 cm³/mol. The Balaban J connectivity index is 1.98. The lowest BCUT2D eigenvalue weighted by Crippen LogP contribution is -2.50. The molecule has 1 aliphatic heterocycles. The van der Waals surface area contributed by atoms with E-state index in [1.807, 2.05) is 19.9 Å². The molecule has 0 radical (unpaired) electrons. The second kappa shape index (κ2) is 6.52. The smallest absolute Gasteiger partial charge is 0.179 e. The third kappa shape index (κ3) is 3.36. The first kappa shape index (κ1) is 14.5. The Labute approximate surface area is 120 Å². The predicted octanol–water partition coefficient (Wildman–Crippen LogP) is 1.39. The molecule has 1 aliphatic rings. The van der Waals surface area contributed by atoms with Crippen LogP contribution in [0.25, 0.3) is 0 Å². The van der Waals surface area contributed by atoms with Gasteiger partial charge < -0.3 is 10.6 Å². The normalized spacial score (nSPS) is 18.4. The van der Waals surface area contributed by atoms with Crippen molar-refractivity contribution in [3.05, 3.63) is 36.2 Å². The van der Waals surface area contributed by atoms with Crippen molar-refractivity contribution in [1.82, 2.24) is 14.8 Å². The minimum absolute atomic E-state index is 0.110. The molecule has 1 saturated heterocycles. The highest BCUT2D eigenvalue weighted by Gasteiger charge is 2.25. The van der Waals surface area contributed by atoms with Crippen LogP contribution in [0.4, 0.5) is 5.82 Å². The Kier molecular flexibility index (Phi) is 4.74. The maximum absolute atomic E-state index is 12.5. The zero-order valence-electron chi connectivity index (χ0n) is 12.1. The van der Waals surface area contributed by atoms with Gasteiger partial charge in [0, 0.05) is 37.9 Å². The van der Waals surface area contributed by atoms with Gasteiger partial charge in [-0.3, -0.25) is 9.69 Å². The van der Waals surface area contributed by atoms with Crippen molar-refractivity contribution in [2.75, 3.05) is 31.9 Å². The molecule has 0 amide bonds. The molecule has 2 N–H and O–H groups in total. The SMILES string of the molecule is CC=CN1CCN(C(C)C(=O)c2ccnc(N)c2)CC1. The van der Waals surface area contributed by atoms with E-state index in [-0.39, 0.29) is 11.8 Å². The van der Waals surface area contributed by atoms with Gasteiger partial charge in [0.25, 0.3) is 0 Å². The first-order valence-electron chi connectivity index (χ1n) is 6.98. The molecule has 0 spiro atoms. The number of aromatic nitrogens is 1. The summed E-state index contributed by atoms with van der Waals surface area (Å²) in [6, 6.07) is 3.25. The lowest BCUT2D eigenvalue weighted by molar-refractivity contribution is 0.0758. The fourth-order valence-corrected chi connectivity index (χ4v) is 2.49. The van der Waals surface area contributed by atoms with Crippen LogP contribution >= 0.6 is 0 Å². The van der Waals surface area contributed by atoms with E-state index in [9.17, 15) is 4.79 Å². The molecule has 1 unspecified atom stereocenters. The van der Waals surface area contributed by atoms with Gasteiger partial charge in [-0.1, -0.05) is 6.08 Å². The fraction of sp³-hybridized carbons (Fsp3) is 0.467. The van der Waals surface area contributed by atoms with Gasteiger partial charge in [0.05, 0.1) is 6.04 Å².